The highest BCUT2D eigenvalue weighted by atomic mass is 16.5. The Labute approximate surface area is 121 Å². The molecule has 112 valence electrons. The van der Waals surface area contributed by atoms with E-state index in [2.05, 4.69) is 14.7 Å². The molecule has 7 heteroatoms. The topological polar surface area (TPSA) is 92.4 Å². The van der Waals surface area contributed by atoms with Gasteiger partial charge in [-0.15, -0.1) is 0 Å². The number of esters is 1. The smallest absolute Gasteiger partial charge is 0.311 e. The number of carbonyl (C=O) groups excluding carboxylic acids is 2. The van der Waals surface area contributed by atoms with Crippen molar-refractivity contribution in [1.29, 1.82) is 0 Å². The second kappa shape index (κ2) is 5.31. The number of hydrogen-bond donors (Lipinski definition) is 1. The molecule has 1 aliphatic carbocycles. The number of methoxy groups -OCH3 is 1. The van der Waals surface area contributed by atoms with Crippen molar-refractivity contribution >= 4 is 17.8 Å². The number of aromatic amines is 1. The van der Waals surface area contributed by atoms with Crippen molar-refractivity contribution in [3.8, 4) is 0 Å². The minimum atomic E-state index is -0.496. The molecule has 1 atom stereocenters. The fourth-order valence-corrected chi connectivity index (χ4v) is 2.95. The number of rotatable bonds is 2. The fraction of sp³-hybridized carbons (Fsp3) is 0.571. The van der Waals surface area contributed by atoms with Gasteiger partial charge in [0.25, 0.3) is 5.56 Å². The van der Waals surface area contributed by atoms with Gasteiger partial charge in [0, 0.05) is 18.5 Å². The van der Waals surface area contributed by atoms with Crippen LogP contribution in [0.2, 0.25) is 0 Å². The molecule has 1 aromatic heterocycles. The highest BCUT2D eigenvalue weighted by Crippen LogP contribution is 2.24. The summed E-state index contributed by atoms with van der Waals surface area (Å²) in [6.45, 7) is 0.202. The van der Waals surface area contributed by atoms with E-state index in [0.29, 0.717) is 0 Å². The van der Waals surface area contributed by atoms with E-state index in [-0.39, 0.29) is 30.4 Å². The molecular weight excluding hydrogens is 274 g/mol. The maximum absolute atomic E-state index is 12.1. The second-order valence-electron chi connectivity index (χ2n) is 5.45. The lowest BCUT2D eigenvalue weighted by Crippen LogP contribution is -2.32. The van der Waals surface area contributed by atoms with E-state index in [1.807, 2.05) is 0 Å². The number of aryl methyl sites for hydroxylation is 1. The predicted octanol–water partition coefficient (Wildman–Crippen LogP) is 0.175. The molecule has 21 heavy (non-hydrogen) atoms. The highest BCUT2D eigenvalue weighted by Gasteiger charge is 2.37. The molecule has 0 saturated carbocycles. The maximum atomic E-state index is 12.1. The third-order valence-electron chi connectivity index (χ3n) is 4.09. The van der Waals surface area contributed by atoms with Gasteiger partial charge in [-0.2, -0.15) is 0 Å². The fourth-order valence-electron chi connectivity index (χ4n) is 2.95. The number of nitrogens with zero attached hydrogens (tertiary/aromatic N) is 2. The van der Waals surface area contributed by atoms with Gasteiger partial charge < -0.3 is 4.74 Å². The number of ether oxygens (including phenoxy) is 1. The van der Waals surface area contributed by atoms with Gasteiger partial charge in [-0.25, -0.2) is 4.98 Å². The number of aromatic nitrogens is 2. The predicted molar refractivity (Wildman–Crippen MR) is 74.0 cm³/mol. The third kappa shape index (κ3) is 2.43. The molecule has 1 N–H and O–H groups in total. The van der Waals surface area contributed by atoms with Gasteiger partial charge in [0.2, 0.25) is 11.9 Å². The van der Waals surface area contributed by atoms with Crippen LogP contribution < -0.4 is 10.5 Å². The van der Waals surface area contributed by atoms with Crippen LogP contribution in [-0.4, -0.2) is 35.5 Å². The van der Waals surface area contributed by atoms with Crippen molar-refractivity contribution in [3.63, 3.8) is 0 Å². The SMILES string of the molecule is COC(=O)C1CC(=O)N(c2nc3c(c(=O)[nH]2)CCCC3)C1. The number of fused-ring (bicyclic) bond motifs is 1. The molecule has 1 aliphatic heterocycles. The average molecular weight is 291 g/mol. The molecule has 2 aliphatic rings. The van der Waals surface area contributed by atoms with E-state index in [9.17, 15) is 14.4 Å². The molecule has 0 radical (unpaired) electrons. The normalized spacial score (nSPS) is 21.3. The number of amides is 1. The molecule has 3 rings (SSSR count). The van der Waals surface area contributed by atoms with Crippen LogP contribution >= 0.6 is 0 Å². The second-order valence-corrected chi connectivity index (χ2v) is 5.45. The van der Waals surface area contributed by atoms with Crippen LogP contribution in [0, 0.1) is 5.92 Å². The summed E-state index contributed by atoms with van der Waals surface area (Å²) in [7, 11) is 1.30. The lowest BCUT2D eigenvalue weighted by molar-refractivity contribution is -0.145. The Morgan fingerprint density at radius 3 is 2.86 bits per heavy atom. The Kier molecular flexibility index (Phi) is 3.48. The van der Waals surface area contributed by atoms with E-state index in [4.69, 9.17) is 0 Å². The first-order valence-electron chi connectivity index (χ1n) is 7.10. The van der Waals surface area contributed by atoms with Crippen LogP contribution in [0.3, 0.4) is 0 Å². The largest absolute Gasteiger partial charge is 0.469 e. The van der Waals surface area contributed by atoms with Crippen LogP contribution in [0.4, 0.5) is 5.95 Å². The molecule has 7 nitrogen and oxygen atoms in total. The van der Waals surface area contributed by atoms with Crippen LogP contribution in [0.1, 0.15) is 30.5 Å². The van der Waals surface area contributed by atoms with Gasteiger partial charge >= 0.3 is 5.97 Å². The van der Waals surface area contributed by atoms with E-state index in [1.54, 1.807) is 0 Å². The van der Waals surface area contributed by atoms with Crippen molar-refractivity contribution < 1.29 is 14.3 Å². The van der Waals surface area contributed by atoms with Gasteiger partial charge in [-0.1, -0.05) is 0 Å². The van der Waals surface area contributed by atoms with Crippen molar-refractivity contribution in [2.45, 2.75) is 32.1 Å². The molecule has 2 heterocycles. The Hall–Kier alpha value is -2.18. The minimum absolute atomic E-state index is 0.0907. The summed E-state index contributed by atoms with van der Waals surface area (Å²) in [5, 5.41) is 0. The van der Waals surface area contributed by atoms with E-state index in [1.165, 1.54) is 12.0 Å². The van der Waals surface area contributed by atoms with Crippen LogP contribution in [0.15, 0.2) is 4.79 Å². The zero-order chi connectivity index (χ0) is 15.0. The van der Waals surface area contributed by atoms with Gasteiger partial charge in [0.05, 0.1) is 18.7 Å². The van der Waals surface area contributed by atoms with E-state index >= 15 is 0 Å². The van der Waals surface area contributed by atoms with Crippen molar-refractivity contribution in [3.05, 3.63) is 21.6 Å². The van der Waals surface area contributed by atoms with Gasteiger partial charge in [0.1, 0.15) is 0 Å². The Morgan fingerprint density at radius 2 is 2.10 bits per heavy atom. The Morgan fingerprint density at radius 1 is 1.33 bits per heavy atom. The Balaban J connectivity index is 1.91. The van der Waals surface area contributed by atoms with Crippen LogP contribution in [-0.2, 0) is 27.2 Å². The lowest BCUT2D eigenvalue weighted by atomic mass is 9.97. The average Bonchev–Trinajstić information content (AvgIpc) is 2.88. The first-order chi connectivity index (χ1) is 10.1. The first kappa shape index (κ1) is 13.8. The van der Waals surface area contributed by atoms with Gasteiger partial charge in [0.15, 0.2) is 0 Å². The lowest BCUT2D eigenvalue weighted by Gasteiger charge is -2.19. The third-order valence-corrected chi connectivity index (χ3v) is 4.09. The molecule has 0 spiro atoms. The molecule has 0 aromatic carbocycles. The van der Waals surface area contributed by atoms with Crippen molar-refractivity contribution in [2.24, 2.45) is 5.92 Å². The summed E-state index contributed by atoms with van der Waals surface area (Å²) in [5.74, 6) is -0.878. The number of carbonyl (C=O) groups is 2. The minimum Gasteiger partial charge on any atom is -0.469 e. The highest BCUT2D eigenvalue weighted by molar-refractivity contribution is 5.98. The number of H-pyrrole nitrogens is 1. The Bertz CT molecular complexity index is 652. The zero-order valence-corrected chi connectivity index (χ0v) is 11.8. The van der Waals surface area contributed by atoms with Crippen molar-refractivity contribution in [2.75, 3.05) is 18.6 Å². The quantitative estimate of drug-likeness (QED) is 0.784. The maximum Gasteiger partial charge on any atom is 0.311 e. The molecule has 1 saturated heterocycles. The number of nitrogens with one attached hydrogen (secondary N) is 1. The molecular formula is C14H17N3O4. The number of anilines is 1. The summed E-state index contributed by atoms with van der Waals surface area (Å²) in [5.41, 5.74) is 1.32. The molecule has 1 aromatic rings. The summed E-state index contributed by atoms with van der Waals surface area (Å²) < 4.78 is 4.67. The van der Waals surface area contributed by atoms with E-state index < -0.39 is 11.9 Å². The zero-order valence-electron chi connectivity index (χ0n) is 11.8. The van der Waals surface area contributed by atoms with Crippen LogP contribution in [0.25, 0.3) is 0 Å². The molecule has 1 amide bonds. The van der Waals surface area contributed by atoms with Crippen molar-refractivity contribution in [1.82, 2.24) is 9.97 Å². The summed E-state index contributed by atoms with van der Waals surface area (Å²) >= 11 is 0. The van der Waals surface area contributed by atoms with E-state index in [0.717, 1.165) is 36.9 Å². The van der Waals surface area contributed by atoms with Gasteiger partial charge in [-0.05, 0) is 25.7 Å². The monoisotopic (exact) mass is 291 g/mol. The molecule has 0 bridgehead atoms. The summed E-state index contributed by atoms with van der Waals surface area (Å²) in [4.78, 5) is 44.1. The summed E-state index contributed by atoms with van der Waals surface area (Å²) in [6.07, 6.45) is 3.57. The molecule has 1 fully saturated rings. The van der Waals surface area contributed by atoms with Gasteiger partial charge in [-0.3, -0.25) is 24.3 Å². The first-order valence-corrected chi connectivity index (χ1v) is 7.10. The van der Waals surface area contributed by atoms with Crippen LogP contribution in [0.5, 0.6) is 0 Å². The molecule has 1 unspecified atom stereocenters. The number of hydrogen-bond acceptors (Lipinski definition) is 5. The standard InChI is InChI=1S/C14H17N3O4/c1-21-13(20)8-6-11(18)17(7-8)14-15-10-5-3-2-4-9(10)12(19)16-14/h8H,2-7H2,1H3,(H,15,16,19). The summed E-state index contributed by atoms with van der Waals surface area (Å²) in [6, 6.07) is 0.